The molecule has 0 aliphatic heterocycles. The number of hydrogen-bond acceptors (Lipinski definition) is 6. The summed E-state index contributed by atoms with van der Waals surface area (Å²) in [6.07, 6.45) is -0.00862. The molecule has 0 atom stereocenters. The van der Waals surface area contributed by atoms with Crippen molar-refractivity contribution in [1.82, 2.24) is 25.8 Å². The van der Waals surface area contributed by atoms with Crippen LogP contribution in [0.1, 0.15) is 5.69 Å². The molecule has 1 amide bonds. The Bertz CT molecular complexity index is 909. The van der Waals surface area contributed by atoms with E-state index in [1.165, 1.54) is 0 Å². The van der Waals surface area contributed by atoms with Gasteiger partial charge in [-0.15, -0.1) is 10.2 Å². The third kappa shape index (κ3) is 3.43. The van der Waals surface area contributed by atoms with Gasteiger partial charge in [0.25, 0.3) is 5.56 Å². The van der Waals surface area contributed by atoms with Gasteiger partial charge in [0, 0.05) is 5.39 Å². The van der Waals surface area contributed by atoms with Crippen LogP contribution in [-0.2, 0) is 11.2 Å². The van der Waals surface area contributed by atoms with Gasteiger partial charge >= 0.3 is 0 Å². The van der Waals surface area contributed by atoms with Gasteiger partial charge in [0.15, 0.2) is 11.0 Å². The minimum atomic E-state index is -0.341. The number of halogens is 1. The lowest BCUT2D eigenvalue weighted by Gasteiger charge is -2.08. The van der Waals surface area contributed by atoms with Gasteiger partial charge in [0.1, 0.15) is 0 Å². The van der Waals surface area contributed by atoms with Crippen LogP contribution in [0.2, 0.25) is 5.15 Å². The van der Waals surface area contributed by atoms with Gasteiger partial charge in [0.05, 0.1) is 17.5 Å². The zero-order valence-electron chi connectivity index (χ0n) is 11.7. The van der Waals surface area contributed by atoms with Crippen molar-refractivity contribution in [1.29, 1.82) is 0 Å². The zero-order chi connectivity index (χ0) is 16.2. The highest BCUT2D eigenvalue weighted by Gasteiger charge is 2.10. The molecule has 2 heterocycles. The molecule has 0 saturated heterocycles. The third-order valence-corrected chi connectivity index (χ3v) is 3.27. The number of fused-ring (bicyclic) bond motifs is 1. The van der Waals surface area contributed by atoms with Crippen molar-refractivity contribution in [2.24, 2.45) is 0 Å². The minimum Gasteiger partial charge on any atom is -0.280 e. The van der Waals surface area contributed by atoms with E-state index in [2.05, 4.69) is 31.2 Å². The normalized spacial score (nSPS) is 10.5. The van der Waals surface area contributed by atoms with Crippen molar-refractivity contribution in [3.8, 4) is 0 Å². The number of aromatic nitrogens is 4. The van der Waals surface area contributed by atoms with Crippen LogP contribution in [0.4, 0.5) is 5.82 Å². The Hall–Kier alpha value is -3.00. The predicted octanol–water partition coefficient (Wildman–Crippen LogP) is 1.05. The molecule has 0 unspecified atom stereocenters. The van der Waals surface area contributed by atoms with Crippen LogP contribution in [0.15, 0.2) is 41.2 Å². The quantitative estimate of drug-likeness (QED) is 0.616. The smallest absolute Gasteiger partial charge is 0.272 e. The van der Waals surface area contributed by atoms with E-state index in [-0.39, 0.29) is 23.0 Å². The standard InChI is InChI=1S/C14H11ClN6O2/c15-11-5-6-12(18-17-11)19-20-13(22)7-10-8-3-1-2-4-9(8)14(23)21-16-10/h1-6H,7H2,(H,18,19)(H,20,22)(H,21,23). The van der Waals surface area contributed by atoms with Crippen LogP contribution in [0, 0.1) is 0 Å². The van der Waals surface area contributed by atoms with Crippen molar-refractivity contribution in [2.45, 2.75) is 6.42 Å². The Kier molecular flexibility index (Phi) is 4.15. The fourth-order valence-corrected chi connectivity index (χ4v) is 2.12. The topological polar surface area (TPSA) is 113 Å². The molecule has 9 heteroatoms. The number of anilines is 1. The van der Waals surface area contributed by atoms with Crippen LogP contribution in [0.5, 0.6) is 0 Å². The lowest BCUT2D eigenvalue weighted by Crippen LogP contribution is -2.31. The van der Waals surface area contributed by atoms with E-state index in [4.69, 9.17) is 11.6 Å². The molecule has 0 aliphatic carbocycles. The van der Waals surface area contributed by atoms with Crippen LogP contribution in [0.25, 0.3) is 10.8 Å². The number of hydrazine groups is 1. The van der Waals surface area contributed by atoms with Crippen LogP contribution >= 0.6 is 11.6 Å². The molecule has 8 nitrogen and oxygen atoms in total. The van der Waals surface area contributed by atoms with Gasteiger partial charge in [-0.2, -0.15) is 5.10 Å². The second-order valence-electron chi connectivity index (χ2n) is 4.64. The molecule has 0 fully saturated rings. The monoisotopic (exact) mass is 330 g/mol. The fourth-order valence-electron chi connectivity index (χ4n) is 2.02. The first-order chi connectivity index (χ1) is 11.1. The lowest BCUT2D eigenvalue weighted by atomic mass is 10.1. The number of rotatable bonds is 4. The van der Waals surface area contributed by atoms with E-state index >= 15 is 0 Å². The summed E-state index contributed by atoms with van der Waals surface area (Å²) in [4.78, 5) is 23.7. The minimum absolute atomic E-state index is 0.00862. The number of nitrogens with one attached hydrogen (secondary N) is 3. The molecule has 0 radical (unpaired) electrons. The number of nitrogens with zero attached hydrogens (tertiary/aromatic N) is 3. The second kappa shape index (κ2) is 6.41. The Labute approximate surface area is 134 Å². The van der Waals surface area contributed by atoms with E-state index in [9.17, 15) is 9.59 Å². The number of hydrogen-bond donors (Lipinski definition) is 3. The van der Waals surface area contributed by atoms with E-state index in [1.807, 2.05) is 0 Å². The molecule has 23 heavy (non-hydrogen) atoms. The van der Waals surface area contributed by atoms with Crippen molar-refractivity contribution in [3.05, 3.63) is 57.6 Å². The number of H-pyrrole nitrogens is 1. The van der Waals surface area contributed by atoms with Crippen LogP contribution < -0.4 is 16.4 Å². The molecule has 3 N–H and O–H groups in total. The fraction of sp³-hybridized carbons (Fsp3) is 0.0714. The average molecular weight is 331 g/mol. The number of aromatic amines is 1. The summed E-state index contributed by atoms with van der Waals surface area (Å²) in [7, 11) is 0. The van der Waals surface area contributed by atoms with Gasteiger partial charge in [-0.25, -0.2) is 5.10 Å². The lowest BCUT2D eigenvalue weighted by molar-refractivity contribution is -0.120. The molecule has 0 aliphatic rings. The highest BCUT2D eigenvalue weighted by Crippen LogP contribution is 2.12. The molecular formula is C14H11ClN6O2. The molecule has 116 valence electrons. The maximum atomic E-state index is 12.0. The summed E-state index contributed by atoms with van der Waals surface area (Å²) in [6, 6.07) is 10.1. The first-order valence-electron chi connectivity index (χ1n) is 6.64. The van der Waals surface area contributed by atoms with Crippen LogP contribution in [0.3, 0.4) is 0 Å². The molecule has 2 aromatic heterocycles. The summed E-state index contributed by atoms with van der Waals surface area (Å²) in [5.41, 5.74) is 5.28. The molecule has 0 saturated carbocycles. The van der Waals surface area contributed by atoms with Crippen molar-refractivity contribution in [3.63, 3.8) is 0 Å². The van der Waals surface area contributed by atoms with E-state index in [0.717, 1.165) is 0 Å². The number of benzene rings is 1. The summed E-state index contributed by atoms with van der Waals surface area (Å²) >= 11 is 5.62. The first kappa shape index (κ1) is 14.9. The maximum absolute atomic E-state index is 12.0. The second-order valence-corrected chi connectivity index (χ2v) is 5.02. The van der Waals surface area contributed by atoms with E-state index in [1.54, 1.807) is 36.4 Å². The SMILES string of the molecule is O=C(Cc1n[nH]c(=O)c2ccccc12)NNc1ccc(Cl)nn1. The number of carbonyl (C=O) groups excluding carboxylic acids is 1. The summed E-state index contributed by atoms with van der Waals surface area (Å²) in [5.74, 6) is 0.00786. The van der Waals surface area contributed by atoms with Gasteiger partial charge < -0.3 is 0 Å². The molecule has 0 spiro atoms. The molecule has 1 aromatic carbocycles. The van der Waals surface area contributed by atoms with Gasteiger partial charge in [-0.3, -0.25) is 20.4 Å². The average Bonchev–Trinajstić information content (AvgIpc) is 2.57. The Morgan fingerprint density at radius 3 is 2.65 bits per heavy atom. The van der Waals surface area contributed by atoms with Crippen molar-refractivity contribution in [2.75, 3.05) is 5.43 Å². The first-order valence-corrected chi connectivity index (χ1v) is 7.01. The molecular weight excluding hydrogens is 320 g/mol. The largest absolute Gasteiger partial charge is 0.280 e. The predicted molar refractivity (Wildman–Crippen MR) is 84.9 cm³/mol. The molecule has 0 bridgehead atoms. The van der Waals surface area contributed by atoms with Gasteiger partial charge in [0.2, 0.25) is 5.91 Å². The Balaban J connectivity index is 1.72. The van der Waals surface area contributed by atoms with Crippen molar-refractivity contribution < 1.29 is 4.79 Å². The van der Waals surface area contributed by atoms with Crippen molar-refractivity contribution >= 4 is 34.1 Å². The highest BCUT2D eigenvalue weighted by atomic mass is 35.5. The zero-order valence-corrected chi connectivity index (χ0v) is 12.5. The van der Waals surface area contributed by atoms with Gasteiger partial charge in [-0.05, 0) is 18.2 Å². The number of carbonyl (C=O) groups is 1. The summed E-state index contributed by atoms with van der Waals surface area (Å²) < 4.78 is 0. The number of amides is 1. The Morgan fingerprint density at radius 1 is 1.13 bits per heavy atom. The maximum Gasteiger partial charge on any atom is 0.272 e. The van der Waals surface area contributed by atoms with E-state index < -0.39 is 0 Å². The van der Waals surface area contributed by atoms with Crippen LogP contribution in [-0.4, -0.2) is 26.3 Å². The molecule has 3 aromatic rings. The summed E-state index contributed by atoms with van der Waals surface area (Å²) in [6.45, 7) is 0. The van der Waals surface area contributed by atoms with E-state index in [0.29, 0.717) is 22.3 Å². The molecule has 3 rings (SSSR count). The highest BCUT2D eigenvalue weighted by molar-refractivity contribution is 6.29. The van der Waals surface area contributed by atoms with Gasteiger partial charge in [-0.1, -0.05) is 29.8 Å². The Morgan fingerprint density at radius 2 is 1.91 bits per heavy atom. The summed E-state index contributed by atoms with van der Waals surface area (Å²) in [5, 5.41) is 15.1. The third-order valence-electron chi connectivity index (χ3n) is 3.06.